The second-order valence-electron chi connectivity index (χ2n) is 5.22. The van der Waals surface area contributed by atoms with Crippen LogP contribution in [0.15, 0.2) is 27.3 Å². The van der Waals surface area contributed by atoms with Crippen LogP contribution in [0.3, 0.4) is 0 Å². The standard InChI is InChI=1S/C15H20N2O4/c1-11-12(8-20-16-11)7-17-5-6-19-10-14(17)15-4-3-13(21-15)9-18-2/h3-4,8,14H,5-7,9-10H2,1-2H3. The van der Waals surface area contributed by atoms with Crippen molar-refractivity contribution in [3.8, 4) is 0 Å². The summed E-state index contributed by atoms with van der Waals surface area (Å²) in [6.45, 7) is 5.44. The summed E-state index contributed by atoms with van der Waals surface area (Å²) < 4.78 is 21.6. The minimum Gasteiger partial charge on any atom is -0.462 e. The van der Waals surface area contributed by atoms with E-state index in [0.717, 1.165) is 42.5 Å². The van der Waals surface area contributed by atoms with Crippen LogP contribution in [0, 0.1) is 6.92 Å². The molecular formula is C15H20N2O4. The monoisotopic (exact) mass is 292 g/mol. The van der Waals surface area contributed by atoms with Gasteiger partial charge in [-0.3, -0.25) is 4.90 Å². The molecule has 0 saturated carbocycles. The van der Waals surface area contributed by atoms with Gasteiger partial charge in [-0.2, -0.15) is 0 Å². The highest BCUT2D eigenvalue weighted by atomic mass is 16.5. The molecule has 6 nitrogen and oxygen atoms in total. The van der Waals surface area contributed by atoms with Crippen LogP contribution in [0.4, 0.5) is 0 Å². The second kappa shape index (κ2) is 6.43. The molecule has 3 rings (SSSR count). The van der Waals surface area contributed by atoms with E-state index in [9.17, 15) is 0 Å². The molecule has 2 aromatic heterocycles. The molecule has 0 radical (unpaired) electrons. The Balaban J connectivity index is 1.75. The third kappa shape index (κ3) is 3.18. The van der Waals surface area contributed by atoms with E-state index in [4.69, 9.17) is 18.4 Å². The number of nitrogens with zero attached hydrogens (tertiary/aromatic N) is 2. The fourth-order valence-corrected chi connectivity index (χ4v) is 2.57. The number of methoxy groups -OCH3 is 1. The normalized spacial score (nSPS) is 20.0. The molecule has 114 valence electrons. The van der Waals surface area contributed by atoms with Gasteiger partial charge in [0.1, 0.15) is 24.4 Å². The van der Waals surface area contributed by atoms with Gasteiger partial charge in [-0.1, -0.05) is 5.16 Å². The van der Waals surface area contributed by atoms with Crippen molar-refractivity contribution in [2.75, 3.05) is 26.9 Å². The van der Waals surface area contributed by atoms with E-state index in [1.165, 1.54) is 0 Å². The maximum absolute atomic E-state index is 5.86. The molecule has 0 bridgehead atoms. The number of ether oxygens (including phenoxy) is 2. The van der Waals surface area contributed by atoms with Gasteiger partial charge < -0.3 is 18.4 Å². The summed E-state index contributed by atoms with van der Waals surface area (Å²) in [5.41, 5.74) is 2.03. The molecule has 2 aromatic rings. The van der Waals surface area contributed by atoms with E-state index in [1.807, 2.05) is 19.1 Å². The molecule has 1 aliphatic heterocycles. The molecule has 1 unspecified atom stereocenters. The summed E-state index contributed by atoms with van der Waals surface area (Å²) in [6, 6.07) is 4.07. The third-order valence-electron chi connectivity index (χ3n) is 3.76. The maximum Gasteiger partial charge on any atom is 0.129 e. The number of hydrogen-bond acceptors (Lipinski definition) is 6. The summed E-state index contributed by atoms with van der Waals surface area (Å²) in [4.78, 5) is 2.33. The molecule has 3 heterocycles. The minimum atomic E-state index is 0.110. The van der Waals surface area contributed by atoms with Gasteiger partial charge in [0.25, 0.3) is 0 Å². The average molecular weight is 292 g/mol. The Morgan fingerprint density at radius 1 is 1.43 bits per heavy atom. The molecule has 0 aliphatic carbocycles. The van der Waals surface area contributed by atoms with E-state index in [0.29, 0.717) is 13.2 Å². The lowest BCUT2D eigenvalue weighted by Gasteiger charge is -2.34. The Morgan fingerprint density at radius 3 is 3.10 bits per heavy atom. The zero-order chi connectivity index (χ0) is 14.7. The van der Waals surface area contributed by atoms with Crippen molar-refractivity contribution in [1.29, 1.82) is 0 Å². The van der Waals surface area contributed by atoms with Crippen molar-refractivity contribution < 1.29 is 18.4 Å². The smallest absolute Gasteiger partial charge is 0.129 e. The van der Waals surface area contributed by atoms with Gasteiger partial charge in [-0.15, -0.1) is 0 Å². The lowest BCUT2D eigenvalue weighted by Crippen LogP contribution is -2.38. The summed E-state index contributed by atoms with van der Waals surface area (Å²) in [5, 5.41) is 3.94. The zero-order valence-corrected chi connectivity index (χ0v) is 12.4. The molecule has 1 aliphatic rings. The van der Waals surface area contributed by atoms with Crippen LogP contribution in [-0.2, 0) is 22.6 Å². The Morgan fingerprint density at radius 2 is 2.33 bits per heavy atom. The third-order valence-corrected chi connectivity index (χ3v) is 3.76. The fourth-order valence-electron chi connectivity index (χ4n) is 2.57. The predicted molar refractivity (Wildman–Crippen MR) is 74.6 cm³/mol. The molecule has 0 N–H and O–H groups in total. The fraction of sp³-hybridized carbons (Fsp3) is 0.533. The lowest BCUT2D eigenvalue weighted by molar-refractivity contribution is -0.0212. The molecule has 1 saturated heterocycles. The molecule has 1 atom stereocenters. The number of aromatic nitrogens is 1. The zero-order valence-electron chi connectivity index (χ0n) is 12.4. The molecule has 0 amide bonds. The number of rotatable bonds is 5. The van der Waals surface area contributed by atoms with Crippen LogP contribution in [-0.4, -0.2) is 36.9 Å². The maximum atomic E-state index is 5.86. The molecule has 21 heavy (non-hydrogen) atoms. The number of furan rings is 1. The van der Waals surface area contributed by atoms with Crippen molar-refractivity contribution in [2.24, 2.45) is 0 Å². The van der Waals surface area contributed by atoms with Gasteiger partial charge in [0.2, 0.25) is 0 Å². The largest absolute Gasteiger partial charge is 0.462 e. The lowest BCUT2D eigenvalue weighted by atomic mass is 10.1. The highest BCUT2D eigenvalue weighted by molar-refractivity contribution is 5.15. The van der Waals surface area contributed by atoms with E-state index in [1.54, 1.807) is 13.4 Å². The highest BCUT2D eigenvalue weighted by Crippen LogP contribution is 2.28. The Labute approximate surface area is 123 Å². The van der Waals surface area contributed by atoms with Crippen LogP contribution in [0.5, 0.6) is 0 Å². The van der Waals surface area contributed by atoms with Crippen LogP contribution in [0.25, 0.3) is 0 Å². The SMILES string of the molecule is COCc1ccc(C2COCCN2Cc2conc2C)o1. The predicted octanol–water partition coefficient (Wildman–Crippen LogP) is 2.30. The number of hydrogen-bond donors (Lipinski definition) is 0. The van der Waals surface area contributed by atoms with E-state index < -0.39 is 0 Å². The van der Waals surface area contributed by atoms with Gasteiger partial charge in [-0.25, -0.2) is 0 Å². The van der Waals surface area contributed by atoms with Crippen LogP contribution < -0.4 is 0 Å². The Hall–Kier alpha value is -1.63. The van der Waals surface area contributed by atoms with Gasteiger partial charge in [0.05, 0.1) is 24.9 Å². The van der Waals surface area contributed by atoms with E-state index >= 15 is 0 Å². The topological polar surface area (TPSA) is 60.9 Å². The first-order valence-electron chi connectivity index (χ1n) is 7.07. The Kier molecular flexibility index (Phi) is 4.38. The quantitative estimate of drug-likeness (QED) is 0.842. The second-order valence-corrected chi connectivity index (χ2v) is 5.22. The van der Waals surface area contributed by atoms with Gasteiger partial charge in [0, 0.05) is 25.8 Å². The summed E-state index contributed by atoms with van der Waals surface area (Å²) in [5.74, 6) is 1.75. The first-order valence-corrected chi connectivity index (χ1v) is 7.07. The van der Waals surface area contributed by atoms with Crippen LogP contribution >= 0.6 is 0 Å². The van der Waals surface area contributed by atoms with Gasteiger partial charge in [-0.05, 0) is 19.1 Å². The number of morpholine rings is 1. The van der Waals surface area contributed by atoms with Gasteiger partial charge >= 0.3 is 0 Å². The van der Waals surface area contributed by atoms with Gasteiger partial charge in [0.15, 0.2) is 0 Å². The average Bonchev–Trinajstić information content (AvgIpc) is 3.10. The first-order chi connectivity index (χ1) is 10.3. The molecule has 6 heteroatoms. The van der Waals surface area contributed by atoms with E-state index in [-0.39, 0.29) is 6.04 Å². The van der Waals surface area contributed by atoms with Crippen molar-refractivity contribution >= 4 is 0 Å². The van der Waals surface area contributed by atoms with Crippen molar-refractivity contribution in [2.45, 2.75) is 26.1 Å². The summed E-state index contributed by atoms with van der Waals surface area (Å²) in [6.07, 6.45) is 1.71. The molecular weight excluding hydrogens is 272 g/mol. The van der Waals surface area contributed by atoms with E-state index in [2.05, 4.69) is 10.1 Å². The summed E-state index contributed by atoms with van der Waals surface area (Å²) >= 11 is 0. The number of aryl methyl sites for hydroxylation is 1. The van der Waals surface area contributed by atoms with Crippen molar-refractivity contribution in [3.05, 3.63) is 41.2 Å². The highest BCUT2D eigenvalue weighted by Gasteiger charge is 2.28. The summed E-state index contributed by atoms with van der Waals surface area (Å²) in [7, 11) is 1.66. The van der Waals surface area contributed by atoms with Crippen LogP contribution in [0.2, 0.25) is 0 Å². The molecule has 0 spiro atoms. The first kappa shape index (κ1) is 14.3. The molecule has 0 aromatic carbocycles. The minimum absolute atomic E-state index is 0.110. The molecule has 1 fully saturated rings. The van der Waals surface area contributed by atoms with Crippen LogP contribution in [0.1, 0.15) is 28.8 Å². The Bertz CT molecular complexity index is 578. The van der Waals surface area contributed by atoms with Crippen molar-refractivity contribution in [3.63, 3.8) is 0 Å². The van der Waals surface area contributed by atoms with Crippen molar-refractivity contribution in [1.82, 2.24) is 10.1 Å².